The minimum absolute atomic E-state index is 0.241. The summed E-state index contributed by atoms with van der Waals surface area (Å²) in [7, 11) is 0. The zero-order valence-electron chi connectivity index (χ0n) is 42.2. The molecule has 2 nitrogen and oxygen atoms in total. The molecule has 0 aliphatic heterocycles. The van der Waals surface area contributed by atoms with Gasteiger partial charge in [-0.15, -0.1) is 11.3 Å². The van der Waals surface area contributed by atoms with Gasteiger partial charge in [0.15, 0.2) is 0 Å². The van der Waals surface area contributed by atoms with E-state index in [0.29, 0.717) is 0 Å². The van der Waals surface area contributed by atoms with Crippen LogP contribution in [0.15, 0.2) is 267 Å². The Morgan fingerprint density at radius 3 is 1.47 bits per heavy atom. The highest BCUT2D eigenvalue weighted by molar-refractivity contribution is 7.26. The van der Waals surface area contributed by atoms with Crippen LogP contribution < -0.4 is 9.80 Å². The Kier molecular flexibility index (Phi) is 10.1. The number of fused-ring (bicyclic) bond motifs is 13. The lowest BCUT2D eigenvalue weighted by atomic mass is 9.81. The summed E-state index contributed by atoms with van der Waals surface area (Å²) < 4.78 is 2.68. The van der Waals surface area contributed by atoms with Crippen molar-refractivity contribution in [3.8, 4) is 33.4 Å². The lowest BCUT2D eigenvalue weighted by Gasteiger charge is -2.29. The van der Waals surface area contributed by atoms with Crippen molar-refractivity contribution >= 4 is 109 Å². The minimum atomic E-state index is -0.241. The van der Waals surface area contributed by atoms with E-state index in [1.807, 2.05) is 11.3 Å². The SMILES string of the molecule is CC1(C)c2cc(-c3cccc4c3sc3ccccc34)ccc2-c2ccc(N(c3ccc(-c4ccc(N(c5ccccc5)c5cccc6ccccc56)cc4)cc3)c3ccc4c5ccccc5c5ccccc5c4c3)cc21. The van der Waals surface area contributed by atoms with Crippen molar-refractivity contribution in [3.05, 3.63) is 278 Å². The topological polar surface area (TPSA) is 6.48 Å². The fraction of sp³-hybridized carbons (Fsp3) is 0.0411. The fourth-order valence-electron chi connectivity index (χ4n) is 12.5. The molecule has 15 rings (SSSR count). The third-order valence-electron chi connectivity index (χ3n) is 16.2. The largest absolute Gasteiger partial charge is 0.310 e. The molecule has 0 radical (unpaired) electrons. The first-order valence-corrected chi connectivity index (χ1v) is 27.1. The molecule has 76 heavy (non-hydrogen) atoms. The van der Waals surface area contributed by atoms with Crippen LogP contribution in [0.5, 0.6) is 0 Å². The van der Waals surface area contributed by atoms with Crippen LogP contribution in [0.3, 0.4) is 0 Å². The normalized spacial score (nSPS) is 12.7. The van der Waals surface area contributed by atoms with Gasteiger partial charge in [0.05, 0.1) is 5.69 Å². The Hall–Kier alpha value is -9.28. The number of para-hydroxylation sites is 1. The second-order valence-electron chi connectivity index (χ2n) is 20.8. The van der Waals surface area contributed by atoms with Crippen molar-refractivity contribution in [3.63, 3.8) is 0 Å². The third kappa shape index (κ3) is 7.00. The number of anilines is 6. The van der Waals surface area contributed by atoms with Crippen LogP contribution in [-0.4, -0.2) is 0 Å². The smallest absolute Gasteiger partial charge is 0.0540 e. The number of hydrogen-bond acceptors (Lipinski definition) is 3. The summed E-state index contributed by atoms with van der Waals surface area (Å²) in [4.78, 5) is 4.83. The average Bonchev–Trinajstić information content (AvgIpc) is 4.05. The van der Waals surface area contributed by atoms with Crippen LogP contribution >= 0.6 is 11.3 Å². The molecule has 1 aliphatic rings. The molecule has 0 amide bonds. The summed E-state index contributed by atoms with van der Waals surface area (Å²) in [6.45, 7) is 4.81. The molecule has 0 N–H and O–H groups in total. The van der Waals surface area contributed by atoms with Crippen LogP contribution in [0.2, 0.25) is 0 Å². The summed E-state index contributed by atoms with van der Waals surface area (Å²) in [6, 6.07) is 98.8. The third-order valence-corrected chi connectivity index (χ3v) is 17.4. The molecule has 13 aromatic carbocycles. The molecule has 0 atom stereocenters. The van der Waals surface area contributed by atoms with Crippen LogP contribution in [-0.2, 0) is 5.41 Å². The number of rotatable bonds is 8. The minimum Gasteiger partial charge on any atom is -0.310 e. The molecule has 0 fully saturated rings. The van der Waals surface area contributed by atoms with Gasteiger partial charge in [0.1, 0.15) is 0 Å². The Bertz CT molecular complexity index is 4570. The Morgan fingerprint density at radius 1 is 0.289 bits per heavy atom. The second-order valence-corrected chi connectivity index (χ2v) is 21.9. The number of thiophene rings is 1. The predicted octanol–water partition coefficient (Wildman–Crippen LogP) is 21.2. The maximum Gasteiger partial charge on any atom is 0.0540 e. The summed E-state index contributed by atoms with van der Waals surface area (Å²) in [5.74, 6) is 0. The van der Waals surface area contributed by atoms with Crippen LogP contribution in [0, 0.1) is 0 Å². The molecule has 1 aliphatic carbocycles. The van der Waals surface area contributed by atoms with Gasteiger partial charge in [0.25, 0.3) is 0 Å². The van der Waals surface area contributed by atoms with Crippen molar-refractivity contribution in [1.82, 2.24) is 0 Å². The lowest BCUT2D eigenvalue weighted by molar-refractivity contribution is 0.660. The van der Waals surface area contributed by atoms with Gasteiger partial charge in [-0.3, -0.25) is 0 Å². The fourth-order valence-corrected chi connectivity index (χ4v) is 13.7. The number of hydrogen-bond donors (Lipinski definition) is 0. The molecule has 14 aromatic rings. The van der Waals surface area contributed by atoms with Crippen LogP contribution in [0.25, 0.3) is 96.6 Å². The van der Waals surface area contributed by atoms with E-state index >= 15 is 0 Å². The molecule has 1 heterocycles. The van der Waals surface area contributed by atoms with E-state index in [4.69, 9.17) is 0 Å². The van der Waals surface area contributed by atoms with Gasteiger partial charge in [0.2, 0.25) is 0 Å². The quantitative estimate of drug-likeness (QED) is 0.140. The van der Waals surface area contributed by atoms with Gasteiger partial charge in [-0.05, 0) is 161 Å². The Morgan fingerprint density at radius 2 is 0.763 bits per heavy atom. The van der Waals surface area contributed by atoms with Crippen molar-refractivity contribution in [2.45, 2.75) is 19.3 Å². The predicted molar refractivity (Wildman–Crippen MR) is 327 cm³/mol. The van der Waals surface area contributed by atoms with Crippen molar-refractivity contribution in [2.24, 2.45) is 0 Å². The molecular formula is C73H50N2S. The zero-order valence-corrected chi connectivity index (χ0v) is 43.0. The lowest BCUT2D eigenvalue weighted by Crippen LogP contribution is -2.16. The Labute approximate surface area is 446 Å². The van der Waals surface area contributed by atoms with Gasteiger partial charge >= 0.3 is 0 Å². The Balaban J connectivity index is 0.835. The molecule has 3 heteroatoms. The van der Waals surface area contributed by atoms with Gasteiger partial charge in [-0.25, -0.2) is 0 Å². The monoisotopic (exact) mass is 986 g/mol. The summed E-state index contributed by atoms with van der Waals surface area (Å²) in [6.07, 6.45) is 0. The standard InChI is InChI=1S/C73H50N2S/c1-73(2)68-44-50(57-26-15-27-66-65-25-12-13-29-71(65)76-72(57)66)34-41-63(68)64-43-40-55(46-69(64)73)74(54-39-42-62-60-23-9-8-21-58(60)59-22-10-11-24-61(59)67(62)45-54)52-35-30-47(31-36-52)48-32-37-53(38-33-48)75(51-18-4-3-5-19-51)70-28-14-17-49-16-6-7-20-56(49)70/h3-46H,1-2H3. The maximum atomic E-state index is 2.47. The second kappa shape index (κ2) is 17.4. The molecule has 0 unspecified atom stereocenters. The van der Waals surface area contributed by atoms with E-state index in [9.17, 15) is 0 Å². The molecule has 0 saturated carbocycles. The van der Waals surface area contributed by atoms with Crippen molar-refractivity contribution in [1.29, 1.82) is 0 Å². The van der Waals surface area contributed by atoms with Gasteiger partial charge in [0, 0.05) is 59.4 Å². The number of nitrogens with zero attached hydrogens (tertiary/aromatic N) is 2. The highest BCUT2D eigenvalue weighted by atomic mass is 32.1. The van der Waals surface area contributed by atoms with E-state index in [2.05, 4.69) is 291 Å². The molecule has 1 aromatic heterocycles. The molecule has 0 spiro atoms. The molecule has 0 bridgehead atoms. The molecular weight excluding hydrogens is 937 g/mol. The first-order valence-electron chi connectivity index (χ1n) is 26.3. The summed E-state index contributed by atoms with van der Waals surface area (Å²) in [5, 5.41) is 12.7. The van der Waals surface area contributed by atoms with Gasteiger partial charge in [-0.2, -0.15) is 0 Å². The first-order chi connectivity index (χ1) is 37.4. The van der Waals surface area contributed by atoms with Gasteiger partial charge in [-0.1, -0.05) is 202 Å². The van der Waals surface area contributed by atoms with Crippen LogP contribution in [0.1, 0.15) is 25.0 Å². The van der Waals surface area contributed by atoms with E-state index in [0.717, 1.165) is 45.3 Å². The summed E-state index contributed by atoms with van der Waals surface area (Å²) in [5.41, 5.74) is 16.7. The molecule has 0 saturated heterocycles. The zero-order chi connectivity index (χ0) is 50.5. The van der Waals surface area contributed by atoms with Crippen molar-refractivity contribution in [2.75, 3.05) is 9.80 Å². The van der Waals surface area contributed by atoms with Gasteiger partial charge < -0.3 is 9.80 Å². The van der Waals surface area contributed by atoms with E-state index in [-0.39, 0.29) is 5.41 Å². The first kappa shape index (κ1) is 44.2. The molecule has 358 valence electrons. The number of benzene rings is 13. The summed E-state index contributed by atoms with van der Waals surface area (Å²) >= 11 is 1.90. The van der Waals surface area contributed by atoms with E-state index in [1.54, 1.807) is 0 Å². The van der Waals surface area contributed by atoms with E-state index < -0.39 is 0 Å². The van der Waals surface area contributed by atoms with Crippen molar-refractivity contribution < 1.29 is 0 Å². The maximum absolute atomic E-state index is 2.47. The average molecular weight is 987 g/mol. The highest BCUT2D eigenvalue weighted by Crippen LogP contribution is 2.53. The highest BCUT2D eigenvalue weighted by Gasteiger charge is 2.36. The van der Waals surface area contributed by atoms with Crippen LogP contribution in [0.4, 0.5) is 34.1 Å². The van der Waals surface area contributed by atoms with E-state index in [1.165, 1.54) is 96.6 Å².